The molecule has 0 spiro atoms. The molecule has 27 heteroatoms. The number of fused-ring (bicyclic) bond motifs is 6. The van der Waals surface area contributed by atoms with Crippen molar-refractivity contribution in [2.45, 2.75) is 138 Å². The SMILES string of the molecule is C/C1=C2N=C(/C=C3N=C(/C(C)=C4\[N-][C@@](C)(C5N=C1[C@](C)(CCC(=O)[O-])[C@H]5CC(=O)[O-])[C@@](C)(CC(=O)[O-])[C@@H]4CCC(=O)[O-])[C@@](C)(CC(=O)[O-])[C@@H]\3CCC(=O)[O-])C(C)(C)[C@@H]/2CCC(=O)[O-].O.[CH3-].[Co+2].[Na+].[Na+].[Na+].[Na+].[Na+].[Na+].[Na+]. The third-order valence-electron chi connectivity index (χ3n) is 15.1. The first-order valence-electron chi connectivity index (χ1n) is 21.1. The summed E-state index contributed by atoms with van der Waals surface area (Å²) in [5.74, 6) is -14.3. The van der Waals surface area contributed by atoms with E-state index in [1.54, 1.807) is 61.5 Å². The molecule has 1 saturated heterocycles. The summed E-state index contributed by atoms with van der Waals surface area (Å²) in [5, 5.41) is 91.9. The van der Waals surface area contributed by atoms with Crippen LogP contribution in [0.1, 0.15) is 126 Å². The van der Waals surface area contributed by atoms with E-state index in [9.17, 15) is 69.3 Å². The largest absolute Gasteiger partial charge is 2.00 e. The molecule has 367 valence electrons. The van der Waals surface area contributed by atoms with Crippen molar-refractivity contribution in [1.82, 2.24) is 0 Å². The molecule has 1 fully saturated rings. The van der Waals surface area contributed by atoms with Crippen molar-refractivity contribution >= 4 is 58.9 Å². The number of carboxylic acid groups (broad SMARTS) is 7. The molecule has 0 aromatic carbocycles. The van der Waals surface area contributed by atoms with Crippen molar-refractivity contribution < 1.29 is 298 Å². The Morgan fingerprint density at radius 2 is 1.03 bits per heavy atom. The predicted molar refractivity (Wildman–Crippen MR) is 219 cm³/mol. The minimum absolute atomic E-state index is 0. The van der Waals surface area contributed by atoms with E-state index in [4.69, 9.17) is 20.3 Å². The van der Waals surface area contributed by atoms with Gasteiger partial charge in [-0.1, -0.05) is 47.1 Å². The van der Waals surface area contributed by atoms with E-state index in [1.807, 2.05) is 0 Å². The monoisotopic (exact) mass is 1130 g/mol. The molecule has 5 aliphatic rings. The molecule has 9 atom stereocenters. The van der Waals surface area contributed by atoms with Gasteiger partial charge in [0.25, 0.3) is 0 Å². The van der Waals surface area contributed by atoms with Crippen LogP contribution >= 0.6 is 0 Å². The number of hydrogen-bond donors (Lipinski definition) is 0. The molecule has 0 aromatic rings. The number of rotatable bonds is 18. The van der Waals surface area contributed by atoms with Crippen LogP contribution in [0.3, 0.4) is 0 Å². The second-order valence-electron chi connectivity index (χ2n) is 19.2. The molecular weight excluding hydrogens is 1070 g/mol. The molecule has 8 bridgehead atoms. The van der Waals surface area contributed by atoms with Gasteiger partial charge in [0.2, 0.25) is 0 Å². The maximum atomic E-state index is 12.9. The Bertz CT molecular complexity index is 2260. The van der Waals surface area contributed by atoms with E-state index in [0.29, 0.717) is 17.0 Å². The van der Waals surface area contributed by atoms with Crippen LogP contribution in [0.5, 0.6) is 0 Å². The van der Waals surface area contributed by atoms with E-state index < -0.39 is 144 Å². The fraction of sp³-hybridized carbons (Fsp3) is 0.630. The number of hydrogen-bond acceptors (Lipinski definition) is 17. The molecule has 73 heavy (non-hydrogen) atoms. The van der Waals surface area contributed by atoms with Gasteiger partial charge in [-0.2, -0.15) is 5.70 Å². The number of nitrogens with zero attached hydrogens (tertiary/aromatic N) is 4. The van der Waals surface area contributed by atoms with Crippen LogP contribution in [0, 0.1) is 52.8 Å². The van der Waals surface area contributed by atoms with Gasteiger partial charge in [-0.15, -0.1) is 0 Å². The third-order valence-corrected chi connectivity index (χ3v) is 15.1. The van der Waals surface area contributed by atoms with Crippen LogP contribution < -0.4 is 243 Å². The number of aliphatic imine (C=N–C) groups is 3. The summed E-state index contributed by atoms with van der Waals surface area (Å²) < 4.78 is 0. The van der Waals surface area contributed by atoms with Gasteiger partial charge in [0.15, 0.2) is 0 Å². The van der Waals surface area contributed by atoms with Crippen LogP contribution in [0.4, 0.5) is 0 Å². The maximum Gasteiger partial charge on any atom is 2.00 e. The quantitative estimate of drug-likeness (QED) is 0.0909. The fourth-order valence-corrected chi connectivity index (χ4v) is 11.6. The van der Waals surface area contributed by atoms with Crippen molar-refractivity contribution in [1.29, 1.82) is 0 Å². The summed E-state index contributed by atoms with van der Waals surface area (Å²) in [5.41, 5.74) is -5.59. The minimum atomic E-state index is -1.77. The molecule has 2 N–H and O–H groups in total. The van der Waals surface area contributed by atoms with Crippen molar-refractivity contribution in [2.24, 2.45) is 60.3 Å². The molecule has 0 aliphatic carbocycles. The summed E-state index contributed by atoms with van der Waals surface area (Å²) in [6.07, 6.45) is -3.43. The molecular formula is C46H57CoN4Na7O15. The van der Waals surface area contributed by atoms with Crippen LogP contribution in [-0.2, 0) is 50.3 Å². The zero-order valence-electron chi connectivity index (χ0n) is 45.6. The first-order valence-corrected chi connectivity index (χ1v) is 21.1. The third kappa shape index (κ3) is 17.6. The number of carbonyl (C=O) groups is 7. The Balaban J connectivity index is -0.00000112. The molecule has 5 rings (SSSR count). The van der Waals surface area contributed by atoms with E-state index in [0.717, 1.165) is 0 Å². The van der Waals surface area contributed by atoms with Crippen LogP contribution in [0.25, 0.3) is 5.32 Å². The first-order chi connectivity index (χ1) is 29.0. The Morgan fingerprint density at radius 3 is 1.47 bits per heavy atom. The van der Waals surface area contributed by atoms with Crippen molar-refractivity contribution in [3.8, 4) is 0 Å². The van der Waals surface area contributed by atoms with Crippen molar-refractivity contribution in [2.75, 3.05) is 0 Å². The van der Waals surface area contributed by atoms with Gasteiger partial charge >= 0.3 is 224 Å². The standard InChI is InChI=1S/C45H60N4O14.CH3.Co.7Na.H2O/c1-21-36-24(10-13-30(52)53)41(3,4)28(47-36)18-27-23(9-12-29(50)51)43(6,19-34(60)61)39(46-27)22(2)37-25(11-14-31(54)55)44(7,20-35(62)63)45(8,49-37)40-26(17-33(58)59)42(5,38(21)48-40)16-15-32(56)57;;;;;;;;;;/h18,23-26,40H,9-17,19-20H2,1-8H3,(H8,46,47,48,49,50,51,52,53,54,55,56,57,58,59,60,61,62,63);1H3;;;;;;;;;1H2/q;-1;+2;7*+1;/p-8/t23-,24-,25-,26+,40?,42-,43+,44+,45+;;;;;;;;;;/m1........../s1. The van der Waals surface area contributed by atoms with Crippen molar-refractivity contribution in [3.63, 3.8) is 0 Å². The first kappa shape index (κ1) is 86.1. The smallest absolute Gasteiger partial charge is 0.680 e. The number of allylic oxidation sites excluding steroid dienone is 6. The number of carbonyl (C=O) groups excluding carboxylic acids is 7. The second-order valence-corrected chi connectivity index (χ2v) is 19.2. The number of carboxylic acids is 7. The average Bonchev–Trinajstić information content (AvgIpc) is 3.75. The van der Waals surface area contributed by atoms with Crippen LogP contribution in [0.15, 0.2) is 49.3 Å². The molecule has 5 heterocycles. The molecule has 1 radical (unpaired) electrons. The Kier molecular flexibility index (Phi) is 39.7. The predicted octanol–water partition coefficient (Wildman–Crippen LogP) is -24.0. The van der Waals surface area contributed by atoms with Crippen LogP contribution in [0.2, 0.25) is 0 Å². The Labute approximate surface area is 593 Å². The van der Waals surface area contributed by atoms with Gasteiger partial charge in [0.05, 0.1) is 0 Å². The maximum absolute atomic E-state index is 12.9. The zero-order valence-corrected chi connectivity index (χ0v) is 60.6. The molecule has 5 aliphatic heterocycles. The summed E-state index contributed by atoms with van der Waals surface area (Å²) in [6, 6.07) is -1.29. The van der Waals surface area contributed by atoms with Gasteiger partial charge in [0, 0.05) is 104 Å². The zero-order chi connectivity index (χ0) is 47.4. The van der Waals surface area contributed by atoms with E-state index in [-0.39, 0.29) is 291 Å². The van der Waals surface area contributed by atoms with Gasteiger partial charge in [-0.25, -0.2) is 0 Å². The van der Waals surface area contributed by atoms with Crippen LogP contribution in [-0.4, -0.2) is 76.0 Å². The molecule has 19 nitrogen and oxygen atoms in total. The fourth-order valence-electron chi connectivity index (χ4n) is 11.6. The van der Waals surface area contributed by atoms with Gasteiger partial charge in [-0.05, 0) is 119 Å². The van der Waals surface area contributed by atoms with Gasteiger partial charge in [0.1, 0.15) is 0 Å². The summed E-state index contributed by atoms with van der Waals surface area (Å²) in [6.45, 7) is 13.1. The number of aliphatic carboxylic acids is 7. The van der Waals surface area contributed by atoms with Crippen molar-refractivity contribution in [3.05, 3.63) is 47.1 Å². The second kappa shape index (κ2) is 33.6. The van der Waals surface area contributed by atoms with Gasteiger partial charge < -0.3 is 87.5 Å². The summed E-state index contributed by atoms with van der Waals surface area (Å²) in [4.78, 5) is 102. The minimum Gasteiger partial charge on any atom is -0.680 e. The topological polar surface area (TPSA) is 364 Å². The average molecular weight is 1130 g/mol. The van der Waals surface area contributed by atoms with Gasteiger partial charge in [-0.3, -0.25) is 15.0 Å². The van der Waals surface area contributed by atoms with E-state index in [2.05, 4.69) is 0 Å². The molecule has 1 unspecified atom stereocenters. The molecule has 0 saturated carbocycles. The Hall–Kier alpha value is 1.79. The van der Waals surface area contributed by atoms with E-state index >= 15 is 0 Å². The molecule has 0 aromatic heterocycles. The van der Waals surface area contributed by atoms with E-state index in [1.165, 1.54) is 0 Å². The molecule has 0 amide bonds. The summed E-state index contributed by atoms with van der Waals surface area (Å²) in [7, 11) is 0. The normalized spacial score (nSPS) is 31.2. The summed E-state index contributed by atoms with van der Waals surface area (Å²) >= 11 is 0. The Morgan fingerprint density at radius 1 is 0.575 bits per heavy atom.